The molecule has 29 heavy (non-hydrogen) atoms. The Hall–Kier alpha value is -2.35. The summed E-state index contributed by atoms with van der Waals surface area (Å²) in [5.41, 5.74) is 2.25. The van der Waals surface area contributed by atoms with Crippen molar-refractivity contribution in [3.63, 3.8) is 0 Å². The fourth-order valence-corrected chi connectivity index (χ4v) is 4.11. The third-order valence-corrected chi connectivity index (χ3v) is 5.98. The molecule has 0 radical (unpaired) electrons. The van der Waals surface area contributed by atoms with E-state index in [9.17, 15) is 9.59 Å². The van der Waals surface area contributed by atoms with Crippen LogP contribution in [0.3, 0.4) is 0 Å². The SMILES string of the molecule is CCOC(=O)Cc1csc(NC(=O)c2ccc(CSc3ccc(Cl)cc3)cc2)n1. The summed E-state index contributed by atoms with van der Waals surface area (Å²) in [5, 5.41) is 5.68. The van der Waals surface area contributed by atoms with E-state index in [1.165, 1.54) is 11.3 Å². The number of hydrogen-bond acceptors (Lipinski definition) is 6. The van der Waals surface area contributed by atoms with E-state index in [1.54, 1.807) is 36.2 Å². The predicted octanol–water partition coefficient (Wildman–Crippen LogP) is 5.45. The minimum atomic E-state index is -0.331. The third-order valence-electron chi connectivity index (χ3n) is 3.84. The van der Waals surface area contributed by atoms with Crippen molar-refractivity contribution in [1.29, 1.82) is 0 Å². The molecule has 8 heteroatoms. The van der Waals surface area contributed by atoms with Gasteiger partial charge in [0.15, 0.2) is 5.13 Å². The van der Waals surface area contributed by atoms with Crippen LogP contribution in [0.25, 0.3) is 0 Å². The van der Waals surface area contributed by atoms with Crippen LogP contribution in [-0.4, -0.2) is 23.5 Å². The lowest BCUT2D eigenvalue weighted by molar-refractivity contribution is -0.142. The number of nitrogens with one attached hydrogen (secondary N) is 1. The number of ether oxygens (including phenoxy) is 1. The van der Waals surface area contributed by atoms with Crippen molar-refractivity contribution >= 4 is 51.7 Å². The maximum atomic E-state index is 12.4. The number of benzene rings is 2. The summed E-state index contributed by atoms with van der Waals surface area (Å²) in [6, 6.07) is 15.2. The maximum absolute atomic E-state index is 12.4. The zero-order chi connectivity index (χ0) is 20.6. The molecule has 3 rings (SSSR count). The molecule has 0 aliphatic carbocycles. The number of nitrogens with zero attached hydrogens (tertiary/aromatic N) is 1. The molecule has 0 aliphatic heterocycles. The second kappa shape index (κ2) is 10.4. The van der Waals surface area contributed by atoms with Crippen LogP contribution in [0.2, 0.25) is 5.02 Å². The van der Waals surface area contributed by atoms with Crippen LogP contribution in [0.15, 0.2) is 58.8 Å². The quantitative estimate of drug-likeness (QED) is 0.368. The second-order valence-electron chi connectivity index (χ2n) is 6.02. The van der Waals surface area contributed by atoms with E-state index < -0.39 is 0 Å². The van der Waals surface area contributed by atoms with Gasteiger partial charge in [-0.15, -0.1) is 23.1 Å². The minimum absolute atomic E-state index is 0.0974. The fraction of sp³-hybridized carbons (Fsp3) is 0.190. The molecule has 1 heterocycles. The van der Waals surface area contributed by atoms with Gasteiger partial charge in [-0.2, -0.15) is 0 Å². The molecule has 0 spiro atoms. The number of thiazole rings is 1. The lowest BCUT2D eigenvalue weighted by Crippen LogP contribution is -2.12. The van der Waals surface area contributed by atoms with Crippen LogP contribution in [0.4, 0.5) is 5.13 Å². The van der Waals surface area contributed by atoms with Gasteiger partial charge < -0.3 is 4.74 Å². The molecule has 5 nitrogen and oxygen atoms in total. The standard InChI is InChI=1S/C21H19ClN2O3S2/c1-2-27-19(25)11-17-13-29-21(23-17)24-20(26)15-5-3-14(4-6-15)12-28-18-9-7-16(22)8-10-18/h3-10,13H,2,11-12H2,1H3,(H,23,24,26). The van der Waals surface area contributed by atoms with E-state index in [-0.39, 0.29) is 18.3 Å². The number of anilines is 1. The molecule has 1 amide bonds. The molecule has 0 fully saturated rings. The first-order chi connectivity index (χ1) is 14.0. The van der Waals surface area contributed by atoms with E-state index in [0.717, 1.165) is 21.2 Å². The Morgan fingerprint density at radius 1 is 1.14 bits per heavy atom. The Balaban J connectivity index is 1.53. The topological polar surface area (TPSA) is 68.3 Å². The Kier molecular flexibility index (Phi) is 7.69. The maximum Gasteiger partial charge on any atom is 0.311 e. The van der Waals surface area contributed by atoms with Crippen molar-refractivity contribution < 1.29 is 14.3 Å². The Bertz CT molecular complexity index is 972. The van der Waals surface area contributed by atoms with Gasteiger partial charge in [0.1, 0.15) is 0 Å². The van der Waals surface area contributed by atoms with Gasteiger partial charge >= 0.3 is 5.97 Å². The molecular weight excluding hydrogens is 428 g/mol. The highest BCUT2D eigenvalue weighted by Crippen LogP contribution is 2.24. The van der Waals surface area contributed by atoms with Crippen LogP contribution in [0.5, 0.6) is 0 Å². The van der Waals surface area contributed by atoms with Crippen molar-refractivity contribution in [1.82, 2.24) is 4.98 Å². The van der Waals surface area contributed by atoms with Crippen molar-refractivity contribution in [2.24, 2.45) is 0 Å². The second-order valence-corrected chi connectivity index (χ2v) is 8.36. The lowest BCUT2D eigenvalue weighted by atomic mass is 10.1. The third kappa shape index (κ3) is 6.59. The molecule has 1 aromatic heterocycles. The highest BCUT2D eigenvalue weighted by molar-refractivity contribution is 7.98. The van der Waals surface area contributed by atoms with Crippen LogP contribution >= 0.6 is 34.7 Å². The predicted molar refractivity (Wildman–Crippen MR) is 118 cm³/mol. The first kappa shape index (κ1) is 21.4. The fourth-order valence-electron chi connectivity index (χ4n) is 2.42. The molecule has 0 aliphatic rings. The summed E-state index contributed by atoms with van der Waals surface area (Å²) in [5.74, 6) is 0.231. The lowest BCUT2D eigenvalue weighted by Gasteiger charge is -2.05. The smallest absolute Gasteiger partial charge is 0.311 e. The average Bonchev–Trinajstić information content (AvgIpc) is 3.14. The highest BCUT2D eigenvalue weighted by Gasteiger charge is 2.12. The van der Waals surface area contributed by atoms with Gasteiger partial charge in [-0.3, -0.25) is 14.9 Å². The Labute approximate surface area is 182 Å². The number of esters is 1. The first-order valence-corrected chi connectivity index (χ1v) is 11.2. The monoisotopic (exact) mass is 446 g/mol. The van der Waals surface area contributed by atoms with Gasteiger partial charge in [0, 0.05) is 26.6 Å². The molecule has 0 saturated carbocycles. The number of amides is 1. The van der Waals surface area contributed by atoms with Gasteiger partial charge in [0.2, 0.25) is 0 Å². The Morgan fingerprint density at radius 2 is 1.86 bits per heavy atom. The summed E-state index contributed by atoms with van der Waals surface area (Å²) in [4.78, 5) is 29.3. The summed E-state index contributed by atoms with van der Waals surface area (Å²) >= 11 is 8.88. The molecule has 2 aromatic carbocycles. The molecule has 0 saturated heterocycles. The van der Waals surface area contributed by atoms with Gasteiger partial charge in [0.25, 0.3) is 5.91 Å². The molecule has 0 atom stereocenters. The van der Waals surface area contributed by atoms with Gasteiger partial charge in [-0.05, 0) is 48.9 Å². The van der Waals surface area contributed by atoms with E-state index in [4.69, 9.17) is 16.3 Å². The number of thioether (sulfide) groups is 1. The molecule has 150 valence electrons. The van der Waals surface area contributed by atoms with Crippen molar-refractivity contribution in [3.8, 4) is 0 Å². The van der Waals surface area contributed by atoms with Crippen molar-refractivity contribution in [3.05, 3.63) is 75.8 Å². The molecule has 3 aromatic rings. The molecule has 1 N–H and O–H groups in total. The number of halogens is 1. The zero-order valence-corrected chi connectivity index (χ0v) is 18.1. The number of carbonyl (C=O) groups excluding carboxylic acids is 2. The van der Waals surface area contributed by atoms with Gasteiger partial charge in [-0.1, -0.05) is 23.7 Å². The van der Waals surface area contributed by atoms with Gasteiger partial charge in [-0.25, -0.2) is 4.98 Å². The molecule has 0 bridgehead atoms. The van der Waals surface area contributed by atoms with Crippen LogP contribution < -0.4 is 5.32 Å². The van der Waals surface area contributed by atoms with Crippen LogP contribution in [0, 0.1) is 0 Å². The van der Waals surface area contributed by atoms with E-state index >= 15 is 0 Å². The number of rotatable bonds is 8. The molecule has 0 unspecified atom stereocenters. The summed E-state index contributed by atoms with van der Waals surface area (Å²) in [6.07, 6.45) is 0.0974. The Morgan fingerprint density at radius 3 is 2.55 bits per heavy atom. The summed E-state index contributed by atoms with van der Waals surface area (Å²) in [6.45, 7) is 2.09. The number of carbonyl (C=O) groups is 2. The van der Waals surface area contributed by atoms with Crippen molar-refractivity contribution in [2.75, 3.05) is 11.9 Å². The number of aromatic nitrogens is 1. The van der Waals surface area contributed by atoms with E-state index in [1.807, 2.05) is 36.4 Å². The van der Waals surface area contributed by atoms with Gasteiger partial charge in [0.05, 0.1) is 18.7 Å². The van der Waals surface area contributed by atoms with E-state index in [2.05, 4.69) is 10.3 Å². The van der Waals surface area contributed by atoms with Crippen LogP contribution in [0.1, 0.15) is 28.5 Å². The molecular formula is C21H19ClN2O3S2. The minimum Gasteiger partial charge on any atom is -0.466 e. The highest BCUT2D eigenvalue weighted by atomic mass is 35.5. The normalized spacial score (nSPS) is 10.6. The first-order valence-electron chi connectivity index (χ1n) is 8.92. The average molecular weight is 447 g/mol. The largest absolute Gasteiger partial charge is 0.466 e. The van der Waals surface area contributed by atoms with Crippen LogP contribution in [-0.2, 0) is 21.7 Å². The number of hydrogen-bond donors (Lipinski definition) is 1. The van der Waals surface area contributed by atoms with E-state index in [0.29, 0.717) is 23.0 Å². The zero-order valence-electron chi connectivity index (χ0n) is 15.7. The van der Waals surface area contributed by atoms with Crippen molar-refractivity contribution in [2.45, 2.75) is 24.0 Å². The summed E-state index contributed by atoms with van der Waals surface area (Å²) in [7, 11) is 0. The summed E-state index contributed by atoms with van der Waals surface area (Å²) < 4.78 is 4.90.